The Hall–Kier alpha value is -0.643. The maximum absolute atomic E-state index is 6.06. The second-order valence-corrected chi connectivity index (χ2v) is 7.74. The summed E-state index contributed by atoms with van der Waals surface area (Å²) in [6.45, 7) is 10.2. The van der Waals surface area contributed by atoms with Crippen molar-refractivity contribution in [3.05, 3.63) is 29.8 Å². The van der Waals surface area contributed by atoms with Crippen LogP contribution >= 0.6 is 0 Å². The summed E-state index contributed by atoms with van der Waals surface area (Å²) in [6, 6.07) is 8.73. The van der Waals surface area contributed by atoms with Crippen molar-refractivity contribution in [2.24, 2.45) is 0 Å². The Morgan fingerprint density at radius 1 is 0.889 bits per heavy atom. The Morgan fingerprint density at radius 3 is 1.78 bits per heavy atom. The molecule has 18 heavy (non-hydrogen) atoms. The van der Waals surface area contributed by atoms with E-state index in [0.29, 0.717) is 0 Å². The molecule has 0 aliphatic rings. The van der Waals surface area contributed by atoms with Gasteiger partial charge in [-0.05, 0) is 36.6 Å². The summed E-state index contributed by atoms with van der Waals surface area (Å²) in [5.41, 5.74) is 1.36. The Balaban J connectivity index is 2.85. The summed E-state index contributed by atoms with van der Waals surface area (Å²) in [5.74, 6) is 0. The smallest absolute Gasteiger partial charge is 0.369 e. The van der Waals surface area contributed by atoms with Crippen LogP contribution in [0.3, 0.4) is 0 Å². The van der Waals surface area contributed by atoms with E-state index in [2.05, 4.69) is 51.6 Å². The predicted octanol–water partition coefficient (Wildman–Crippen LogP) is 3.38. The van der Waals surface area contributed by atoms with E-state index >= 15 is 0 Å². The highest BCUT2D eigenvalue weighted by Gasteiger charge is 2.33. The third-order valence-corrected chi connectivity index (χ3v) is 5.94. The van der Waals surface area contributed by atoms with Gasteiger partial charge in [0.15, 0.2) is 0 Å². The van der Waals surface area contributed by atoms with Crippen molar-refractivity contribution in [2.75, 3.05) is 13.2 Å². The highest BCUT2D eigenvalue weighted by atomic mass is 28.4. The lowest BCUT2D eigenvalue weighted by molar-refractivity contribution is 0.185. The monoisotopic (exact) mass is 266 g/mol. The molecule has 0 aliphatic carbocycles. The van der Waals surface area contributed by atoms with Crippen molar-refractivity contribution in [3.63, 3.8) is 0 Å². The first-order chi connectivity index (χ1) is 8.66. The molecule has 0 aliphatic heterocycles. The van der Waals surface area contributed by atoms with E-state index < -0.39 is 8.56 Å². The quantitative estimate of drug-likeness (QED) is 0.672. The van der Waals surface area contributed by atoms with Crippen LogP contribution in [-0.4, -0.2) is 21.8 Å². The second-order valence-electron chi connectivity index (χ2n) is 4.69. The molecule has 0 radical (unpaired) electrons. The molecule has 3 heteroatoms. The Bertz CT molecular complexity index is 327. The van der Waals surface area contributed by atoms with E-state index in [1.54, 1.807) is 0 Å². The average molecular weight is 266 g/mol. The predicted molar refractivity (Wildman–Crippen MR) is 79.6 cm³/mol. The summed E-state index contributed by atoms with van der Waals surface area (Å²) < 4.78 is 12.1. The summed E-state index contributed by atoms with van der Waals surface area (Å²) in [7, 11) is -2.20. The third kappa shape index (κ3) is 4.23. The SMILES string of the molecule is CCCO[Si](C)(OCCC)c1ccc(CC)cc1. The molecule has 0 atom stereocenters. The van der Waals surface area contributed by atoms with Crippen LogP contribution in [-0.2, 0) is 15.3 Å². The van der Waals surface area contributed by atoms with Gasteiger partial charge >= 0.3 is 8.56 Å². The van der Waals surface area contributed by atoms with Crippen LogP contribution in [0, 0.1) is 0 Å². The van der Waals surface area contributed by atoms with Crippen LogP contribution in [0.1, 0.15) is 39.2 Å². The zero-order valence-corrected chi connectivity index (χ0v) is 13.2. The number of hydrogen-bond donors (Lipinski definition) is 0. The van der Waals surface area contributed by atoms with Gasteiger partial charge in [-0.15, -0.1) is 0 Å². The van der Waals surface area contributed by atoms with Gasteiger partial charge < -0.3 is 8.85 Å². The van der Waals surface area contributed by atoms with E-state index in [-0.39, 0.29) is 0 Å². The van der Waals surface area contributed by atoms with Gasteiger partial charge in [-0.3, -0.25) is 0 Å². The first-order valence-corrected chi connectivity index (χ1v) is 9.35. The molecule has 0 amide bonds. The fraction of sp³-hybridized carbons (Fsp3) is 0.600. The summed E-state index contributed by atoms with van der Waals surface area (Å²) in [6.07, 6.45) is 3.14. The molecule has 0 heterocycles. The van der Waals surface area contributed by atoms with Crippen molar-refractivity contribution in [2.45, 2.75) is 46.6 Å². The maximum Gasteiger partial charge on any atom is 0.369 e. The zero-order valence-electron chi connectivity index (χ0n) is 12.2. The molecule has 2 nitrogen and oxygen atoms in total. The van der Waals surface area contributed by atoms with Crippen LogP contribution in [0.5, 0.6) is 0 Å². The largest absolute Gasteiger partial charge is 0.391 e. The molecule has 102 valence electrons. The van der Waals surface area contributed by atoms with Gasteiger partial charge in [0.25, 0.3) is 0 Å². The topological polar surface area (TPSA) is 18.5 Å². The summed E-state index contributed by atoms with van der Waals surface area (Å²) in [4.78, 5) is 0. The van der Waals surface area contributed by atoms with Gasteiger partial charge in [0.2, 0.25) is 0 Å². The van der Waals surface area contributed by atoms with Gasteiger partial charge in [-0.2, -0.15) is 0 Å². The summed E-state index contributed by atoms with van der Waals surface area (Å²) in [5, 5.41) is 1.24. The van der Waals surface area contributed by atoms with Gasteiger partial charge in [0.05, 0.1) is 0 Å². The first kappa shape index (κ1) is 15.4. The highest BCUT2D eigenvalue weighted by Crippen LogP contribution is 2.11. The fourth-order valence-corrected chi connectivity index (χ4v) is 4.22. The molecule has 0 unspecified atom stereocenters. The van der Waals surface area contributed by atoms with E-state index in [1.165, 1.54) is 10.8 Å². The van der Waals surface area contributed by atoms with Crippen LogP contribution in [0.4, 0.5) is 0 Å². The van der Waals surface area contributed by atoms with Crippen molar-refractivity contribution in [1.29, 1.82) is 0 Å². The number of aryl methyl sites for hydroxylation is 1. The maximum atomic E-state index is 6.06. The lowest BCUT2D eigenvalue weighted by Crippen LogP contribution is -2.51. The minimum absolute atomic E-state index is 0.780. The van der Waals surface area contributed by atoms with Crippen LogP contribution < -0.4 is 5.19 Å². The molecule has 0 N–H and O–H groups in total. The number of benzene rings is 1. The minimum Gasteiger partial charge on any atom is -0.391 e. The highest BCUT2D eigenvalue weighted by molar-refractivity contribution is 6.79. The molecule has 0 aromatic heterocycles. The van der Waals surface area contributed by atoms with Gasteiger partial charge in [-0.1, -0.05) is 45.0 Å². The van der Waals surface area contributed by atoms with Crippen molar-refractivity contribution in [3.8, 4) is 0 Å². The number of hydrogen-bond acceptors (Lipinski definition) is 2. The standard InChI is InChI=1S/C15H26O2Si/c1-5-12-16-18(4,17-13-6-2)15-10-8-14(7-3)9-11-15/h8-11H,5-7,12-13H2,1-4H3. The third-order valence-electron chi connectivity index (χ3n) is 3.05. The van der Waals surface area contributed by atoms with Crippen LogP contribution in [0.15, 0.2) is 24.3 Å². The van der Waals surface area contributed by atoms with Crippen molar-refractivity contribution < 1.29 is 8.85 Å². The zero-order chi connectivity index (χ0) is 13.4. The molecule has 1 aromatic rings. The Kier molecular flexibility index (Phi) is 6.61. The second kappa shape index (κ2) is 7.72. The lowest BCUT2D eigenvalue weighted by atomic mass is 10.2. The fourth-order valence-electron chi connectivity index (χ4n) is 1.85. The lowest BCUT2D eigenvalue weighted by Gasteiger charge is -2.27. The molecule has 0 saturated heterocycles. The molecule has 0 fully saturated rings. The minimum atomic E-state index is -2.20. The van der Waals surface area contributed by atoms with Crippen molar-refractivity contribution in [1.82, 2.24) is 0 Å². The molecule has 0 saturated carbocycles. The van der Waals surface area contributed by atoms with Crippen LogP contribution in [0.25, 0.3) is 0 Å². The van der Waals surface area contributed by atoms with E-state index in [9.17, 15) is 0 Å². The van der Waals surface area contributed by atoms with Gasteiger partial charge in [0, 0.05) is 13.2 Å². The average Bonchev–Trinajstić information content (AvgIpc) is 2.43. The molecule has 0 spiro atoms. The summed E-state index contributed by atoms with van der Waals surface area (Å²) >= 11 is 0. The molecule has 1 aromatic carbocycles. The van der Waals surface area contributed by atoms with Crippen LogP contribution in [0.2, 0.25) is 6.55 Å². The van der Waals surface area contributed by atoms with E-state index in [0.717, 1.165) is 32.5 Å². The Morgan fingerprint density at radius 2 is 1.39 bits per heavy atom. The first-order valence-electron chi connectivity index (χ1n) is 7.03. The van der Waals surface area contributed by atoms with Gasteiger partial charge in [0.1, 0.15) is 0 Å². The molecule has 1 rings (SSSR count). The van der Waals surface area contributed by atoms with Gasteiger partial charge in [-0.25, -0.2) is 0 Å². The van der Waals surface area contributed by atoms with E-state index in [1.807, 2.05) is 0 Å². The number of rotatable bonds is 8. The van der Waals surface area contributed by atoms with E-state index in [4.69, 9.17) is 8.85 Å². The Labute approximate surface area is 113 Å². The van der Waals surface area contributed by atoms with Crippen molar-refractivity contribution >= 4 is 13.7 Å². The molecule has 0 bridgehead atoms. The molecular weight excluding hydrogens is 240 g/mol. The molecular formula is C15H26O2Si. The normalized spacial score (nSPS) is 11.8.